The van der Waals surface area contributed by atoms with Crippen LogP contribution >= 0.6 is 0 Å². The Morgan fingerprint density at radius 3 is 2.20 bits per heavy atom. The van der Waals surface area contributed by atoms with Gasteiger partial charge in [-0.3, -0.25) is 0 Å². The molecule has 10 heteroatoms. The molecule has 1 unspecified atom stereocenters. The molecule has 1 heterocycles. The number of ether oxygens (including phenoxy) is 1. The Morgan fingerprint density at radius 1 is 1.20 bits per heavy atom. The Balaban J connectivity index is 2.44. The second kappa shape index (κ2) is 6.43. The molecule has 0 saturated carbocycles. The first-order valence-electron chi connectivity index (χ1n) is 7.28. The van der Waals surface area contributed by atoms with Crippen LogP contribution in [0.4, 0.5) is 13.2 Å². The van der Waals surface area contributed by atoms with Crippen molar-refractivity contribution in [3.63, 3.8) is 0 Å². The van der Waals surface area contributed by atoms with Crippen molar-refractivity contribution in [1.82, 2.24) is 20.6 Å². The van der Waals surface area contributed by atoms with E-state index in [1.165, 1.54) is 12.1 Å². The van der Waals surface area contributed by atoms with E-state index >= 15 is 0 Å². The Labute approximate surface area is 141 Å². The fourth-order valence-corrected chi connectivity index (χ4v) is 2.33. The highest BCUT2D eigenvalue weighted by atomic mass is 19.4. The number of rotatable bonds is 5. The summed E-state index contributed by atoms with van der Waals surface area (Å²) in [7, 11) is 0. The average molecular weight is 358 g/mol. The smallest absolute Gasteiger partial charge is 0.416 e. The number of benzene rings is 1. The molecule has 0 radical (unpaired) electrons. The molecular weight excluding hydrogens is 341 g/mol. The molecular formula is C15H17F3N4O3. The van der Waals surface area contributed by atoms with Crippen LogP contribution in [0.1, 0.15) is 37.7 Å². The van der Waals surface area contributed by atoms with E-state index in [2.05, 4.69) is 20.6 Å². The molecule has 0 fully saturated rings. The van der Waals surface area contributed by atoms with Crippen molar-refractivity contribution in [1.29, 1.82) is 0 Å². The number of carboxylic acids is 1. The number of hydrogen-bond acceptors (Lipinski definition) is 5. The number of nitrogens with one attached hydrogen (secondary N) is 1. The van der Waals surface area contributed by atoms with Crippen molar-refractivity contribution in [2.75, 3.05) is 0 Å². The van der Waals surface area contributed by atoms with E-state index < -0.39 is 28.9 Å². The van der Waals surface area contributed by atoms with E-state index in [1.54, 1.807) is 20.8 Å². The van der Waals surface area contributed by atoms with Gasteiger partial charge in [-0.2, -0.15) is 18.4 Å². The number of carboxylic acid groups (broad SMARTS) is 1. The van der Waals surface area contributed by atoms with E-state index in [4.69, 9.17) is 4.74 Å². The van der Waals surface area contributed by atoms with E-state index in [-0.39, 0.29) is 12.2 Å². The monoisotopic (exact) mass is 358 g/mol. The zero-order valence-corrected chi connectivity index (χ0v) is 13.8. The summed E-state index contributed by atoms with van der Waals surface area (Å²) < 4.78 is 43.8. The number of aromatic nitrogens is 4. The van der Waals surface area contributed by atoms with Crippen LogP contribution in [-0.2, 0) is 27.7 Å². The lowest BCUT2D eigenvalue weighted by Crippen LogP contribution is -2.47. The molecule has 25 heavy (non-hydrogen) atoms. The normalized spacial score (nSPS) is 15.0. The Bertz CT molecular complexity index is 724. The number of alkyl halides is 3. The minimum absolute atomic E-state index is 0.213. The largest absolute Gasteiger partial charge is 0.479 e. The number of H-pyrrole nitrogens is 1. The van der Waals surface area contributed by atoms with Crippen LogP contribution in [-0.4, -0.2) is 37.3 Å². The molecule has 136 valence electrons. The molecule has 2 aromatic rings. The van der Waals surface area contributed by atoms with Crippen LogP contribution in [0.5, 0.6) is 0 Å². The van der Waals surface area contributed by atoms with Crippen molar-refractivity contribution in [3.8, 4) is 0 Å². The predicted octanol–water partition coefficient (Wildman–Crippen LogP) is 2.56. The van der Waals surface area contributed by atoms with Crippen LogP contribution in [0, 0.1) is 0 Å². The van der Waals surface area contributed by atoms with Crippen molar-refractivity contribution in [3.05, 3.63) is 41.2 Å². The van der Waals surface area contributed by atoms with Crippen LogP contribution in [0.2, 0.25) is 0 Å². The van der Waals surface area contributed by atoms with Gasteiger partial charge in [0, 0.05) is 6.42 Å². The van der Waals surface area contributed by atoms with Gasteiger partial charge in [0.1, 0.15) is 0 Å². The summed E-state index contributed by atoms with van der Waals surface area (Å²) in [6.07, 6.45) is -4.74. The highest BCUT2D eigenvalue weighted by molar-refractivity contribution is 5.78. The zero-order chi connectivity index (χ0) is 18.9. The van der Waals surface area contributed by atoms with Gasteiger partial charge in [-0.15, -0.1) is 10.2 Å². The number of aromatic amines is 1. The second-order valence-electron chi connectivity index (χ2n) is 6.45. The maximum absolute atomic E-state index is 12.7. The summed E-state index contributed by atoms with van der Waals surface area (Å²) in [6.45, 7) is 4.95. The number of carbonyl (C=O) groups is 1. The minimum Gasteiger partial charge on any atom is -0.479 e. The quantitative estimate of drug-likeness (QED) is 0.852. The fraction of sp³-hybridized carbons (Fsp3) is 0.467. The first kappa shape index (κ1) is 18.8. The van der Waals surface area contributed by atoms with E-state index in [1.807, 2.05) is 0 Å². The maximum atomic E-state index is 12.7. The molecule has 0 bridgehead atoms. The summed E-state index contributed by atoms with van der Waals surface area (Å²) >= 11 is 0. The van der Waals surface area contributed by atoms with E-state index in [9.17, 15) is 23.1 Å². The van der Waals surface area contributed by atoms with Crippen molar-refractivity contribution >= 4 is 5.97 Å². The van der Waals surface area contributed by atoms with Crippen molar-refractivity contribution in [2.45, 2.75) is 44.6 Å². The zero-order valence-electron chi connectivity index (χ0n) is 13.8. The molecule has 0 aliphatic carbocycles. The highest BCUT2D eigenvalue weighted by Crippen LogP contribution is 2.34. The molecule has 0 aliphatic heterocycles. The van der Waals surface area contributed by atoms with Gasteiger partial charge in [0.15, 0.2) is 0 Å². The first-order valence-corrected chi connectivity index (χ1v) is 7.28. The number of nitrogens with zero attached hydrogens (tertiary/aromatic N) is 3. The SMILES string of the molecule is CC(C)(C)OC(Cc1ccc(C(F)(F)F)cc1)(C(=O)O)c1nn[nH]n1. The number of aliphatic carboxylic acids is 1. The summed E-state index contributed by atoms with van der Waals surface area (Å²) in [6, 6.07) is 4.17. The average Bonchev–Trinajstić information content (AvgIpc) is 2.99. The van der Waals surface area contributed by atoms with Gasteiger partial charge in [0.25, 0.3) is 0 Å². The third-order valence-corrected chi connectivity index (χ3v) is 3.27. The second-order valence-corrected chi connectivity index (χ2v) is 6.45. The highest BCUT2D eigenvalue weighted by Gasteiger charge is 2.49. The third-order valence-electron chi connectivity index (χ3n) is 3.27. The van der Waals surface area contributed by atoms with Crippen LogP contribution in [0.15, 0.2) is 24.3 Å². The topological polar surface area (TPSA) is 101 Å². The van der Waals surface area contributed by atoms with E-state index in [0.717, 1.165) is 12.1 Å². The van der Waals surface area contributed by atoms with Gasteiger partial charge in [-0.1, -0.05) is 17.3 Å². The lowest BCUT2D eigenvalue weighted by Gasteiger charge is -2.34. The van der Waals surface area contributed by atoms with Gasteiger partial charge < -0.3 is 9.84 Å². The van der Waals surface area contributed by atoms with Gasteiger partial charge in [0.2, 0.25) is 11.4 Å². The Hall–Kier alpha value is -2.49. The molecule has 0 amide bonds. The van der Waals surface area contributed by atoms with Gasteiger partial charge in [0.05, 0.1) is 11.2 Å². The van der Waals surface area contributed by atoms with Crippen LogP contribution in [0.25, 0.3) is 0 Å². The summed E-state index contributed by atoms with van der Waals surface area (Å²) in [5, 5.41) is 22.7. The maximum Gasteiger partial charge on any atom is 0.416 e. The Kier molecular flexibility index (Phi) is 4.85. The summed E-state index contributed by atoms with van der Waals surface area (Å²) in [5.74, 6) is -1.58. The molecule has 7 nitrogen and oxygen atoms in total. The van der Waals surface area contributed by atoms with Gasteiger partial charge >= 0.3 is 12.1 Å². The lowest BCUT2D eigenvalue weighted by molar-refractivity contribution is -0.189. The molecule has 0 spiro atoms. The molecule has 2 rings (SSSR count). The van der Waals surface area contributed by atoms with Gasteiger partial charge in [-0.05, 0) is 38.5 Å². The summed E-state index contributed by atoms with van der Waals surface area (Å²) in [4.78, 5) is 12.0. The number of halogens is 3. The predicted molar refractivity (Wildman–Crippen MR) is 79.5 cm³/mol. The number of tetrazole rings is 1. The minimum atomic E-state index is -4.47. The van der Waals surface area contributed by atoms with Crippen molar-refractivity contribution < 1.29 is 27.8 Å². The molecule has 0 aliphatic rings. The molecule has 0 saturated heterocycles. The van der Waals surface area contributed by atoms with Crippen LogP contribution in [0.3, 0.4) is 0 Å². The molecule has 1 aromatic heterocycles. The summed E-state index contributed by atoms with van der Waals surface area (Å²) in [5.41, 5.74) is -3.38. The first-order chi connectivity index (χ1) is 11.4. The lowest BCUT2D eigenvalue weighted by atomic mass is 9.91. The van der Waals surface area contributed by atoms with E-state index in [0.29, 0.717) is 5.56 Å². The molecule has 1 atom stereocenters. The standard InChI is InChI=1S/C15H17F3N4O3/c1-13(2,3)25-14(12(23)24,11-19-21-22-20-11)8-9-4-6-10(7-5-9)15(16,17)18/h4-7H,8H2,1-3H3,(H,23,24)(H,19,20,21,22). The Morgan fingerprint density at radius 2 is 1.80 bits per heavy atom. The van der Waals surface area contributed by atoms with Crippen LogP contribution < -0.4 is 0 Å². The third kappa shape index (κ3) is 4.32. The fourth-order valence-electron chi connectivity index (χ4n) is 2.33. The molecule has 2 N–H and O–H groups in total. The molecule has 1 aromatic carbocycles. The van der Waals surface area contributed by atoms with Crippen molar-refractivity contribution in [2.24, 2.45) is 0 Å². The number of hydrogen-bond donors (Lipinski definition) is 2. The van der Waals surface area contributed by atoms with Gasteiger partial charge in [-0.25, -0.2) is 4.79 Å².